The van der Waals surface area contributed by atoms with Gasteiger partial charge in [0.1, 0.15) is 18.3 Å². The minimum absolute atomic E-state index is 0.0545. The second-order valence-electron chi connectivity index (χ2n) is 8.74. The Hall–Kier alpha value is -1.38. The first-order valence-electron chi connectivity index (χ1n) is 10.3. The monoisotopic (exact) mass is 402 g/mol. The molecule has 1 N–H and O–H groups in total. The maximum atomic E-state index is 10.2. The van der Waals surface area contributed by atoms with Gasteiger partial charge in [-0.3, -0.25) is 0 Å². The van der Waals surface area contributed by atoms with Crippen LogP contribution in [-0.4, -0.2) is 31.7 Å². The molecule has 0 saturated heterocycles. The molecule has 1 rings (SSSR count). The van der Waals surface area contributed by atoms with E-state index in [0.717, 1.165) is 18.4 Å². The Morgan fingerprint density at radius 3 is 2.36 bits per heavy atom. The van der Waals surface area contributed by atoms with Crippen molar-refractivity contribution in [2.24, 2.45) is 0 Å². The van der Waals surface area contributed by atoms with Crippen LogP contribution in [0.4, 0.5) is 0 Å². The van der Waals surface area contributed by atoms with Gasteiger partial charge in [-0.15, -0.1) is 6.58 Å². The smallest absolute Gasteiger partial charge is 0.193 e. The summed E-state index contributed by atoms with van der Waals surface area (Å²) in [6.07, 6.45) is 2.99. The highest BCUT2D eigenvalue weighted by Crippen LogP contribution is 2.37. The third-order valence-electron chi connectivity index (χ3n) is 5.27. The van der Waals surface area contributed by atoms with Gasteiger partial charge in [0.25, 0.3) is 0 Å². The van der Waals surface area contributed by atoms with Crippen LogP contribution >= 0.6 is 0 Å². The van der Waals surface area contributed by atoms with Gasteiger partial charge < -0.3 is 14.3 Å². The Bertz CT molecular complexity index is 637. The van der Waals surface area contributed by atoms with E-state index in [-0.39, 0.29) is 11.1 Å². The van der Waals surface area contributed by atoms with E-state index in [4.69, 9.17) is 9.16 Å². The number of hydrogen-bond acceptors (Lipinski definition) is 3. The topological polar surface area (TPSA) is 38.7 Å². The van der Waals surface area contributed by atoms with E-state index in [1.165, 1.54) is 0 Å². The van der Waals surface area contributed by atoms with E-state index >= 15 is 0 Å². The largest absolute Gasteiger partial charge is 0.401 e. The molecule has 0 saturated carbocycles. The molecule has 0 radical (unpaired) electrons. The normalized spacial score (nSPS) is 15.2. The minimum Gasteiger partial charge on any atom is -0.401 e. The quantitative estimate of drug-likeness (QED) is 0.310. The molecule has 0 fully saturated rings. The van der Waals surface area contributed by atoms with Crippen LogP contribution in [0.5, 0.6) is 0 Å². The molecule has 0 amide bonds. The molecule has 0 bridgehead atoms. The maximum Gasteiger partial charge on any atom is 0.193 e. The SMILES string of the molecule is C=C[C@H](OCc1ccccc1)[C@H](C#C[C@@H](O)CCCC)O[Si](C)(C)C(C)(C)C. The molecule has 28 heavy (non-hydrogen) atoms. The van der Waals surface area contributed by atoms with Crippen LogP contribution in [0.15, 0.2) is 43.0 Å². The standard InChI is InChI=1S/C24H38O3Si/c1-8-10-16-21(25)17-18-23(27-28(6,7)24(3,4)5)22(9-2)26-19-20-14-12-11-13-15-20/h9,11-15,21-23,25H,2,8,10,16,19H2,1,3-7H3/t21-,22-,23-/m0/s1. The molecule has 0 aliphatic carbocycles. The predicted octanol–water partition coefficient (Wildman–Crippen LogP) is 5.70. The third kappa shape index (κ3) is 8.32. The van der Waals surface area contributed by atoms with Crippen molar-refractivity contribution in [2.75, 3.05) is 0 Å². The summed E-state index contributed by atoms with van der Waals surface area (Å²) < 4.78 is 12.7. The van der Waals surface area contributed by atoms with Gasteiger partial charge >= 0.3 is 0 Å². The average Bonchev–Trinajstić information content (AvgIpc) is 2.64. The lowest BCUT2D eigenvalue weighted by Crippen LogP contribution is -2.46. The highest BCUT2D eigenvalue weighted by Gasteiger charge is 2.40. The number of aliphatic hydroxyl groups excluding tert-OH is 1. The number of benzene rings is 1. The highest BCUT2D eigenvalue weighted by atomic mass is 28.4. The first kappa shape index (κ1) is 24.7. The molecule has 156 valence electrons. The number of ether oxygens (including phenoxy) is 1. The first-order valence-corrected chi connectivity index (χ1v) is 13.2. The van der Waals surface area contributed by atoms with Crippen LogP contribution in [0.3, 0.4) is 0 Å². The third-order valence-corrected chi connectivity index (χ3v) is 9.72. The molecule has 0 spiro atoms. The fourth-order valence-electron chi connectivity index (χ4n) is 2.37. The molecular formula is C24H38O3Si. The van der Waals surface area contributed by atoms with Gasteiger partial charge in [-0.1, -0.05) is 88.8 Å². The van der Waals surface area contributed by atoms with Gasteiger partial charge in [-0.05, 0) is 30.1 Å². The minimum atomic E-state index is -2.06. The van der Waals surface area contributed by atoms with Crippen molar-refractivity contribution in [1.29, 1.82) is 0 Å². The van der Waals surface area contributed by atoms with Gasteiger partial charge in [-0.2, -0.15) is 0 Å². The Balaban J connectivity index is 2.98. The summed E-state index contributed by atoms with van der Waals surface area (Å²) in [6, 6.07) is 10.0. The lowest BCUT2D eigenvalue weighted by molar-refractivity contribution is 0.0104. The summed E-state index contributed by atoms with van der Waals surface area (Å²) in [5.41, 5.74) is 1.09. The average molecular weight is 403 g/mol. The summed E-state index contributed by atoms with van der Waals surface area (Å²) in [4.78, 5) is 0. The zero-order chi connectivity index (χ0) is 21.2. The molecule has 3 nitrogen and oxygen atoms in total. The molecule has 0 aromatic heterocycles. The molecule has 0 aliphatic rings. The Kier molecular flexibility index (Phi) is 10.2. The van der Waals surface area contributed by atoms with Crippen molar-refractivity contribution in [1.82, 2.24) is 0 Å². The number of rotatable bonds is 10. The summed E-state index contributed by atoms with van der Waals surface area (Å²) in [5, 5.41) is 10.2. The Morgan fingerprint density at radius 1 is 1.18 bits per heavy atom. The summed E-state index contributed by atoms with van der Waals surface area (Å²) >= 11 is 0. The van der Waals surface area contributed by atoms with E-state index in [2.05, 4.69) is 59.2 Å². The van der Waals surface area contributed by atoms with Crippen LogP contribution in [0.1, 0.15) is 52.5 Å². The van der Waals surface area contributed by atoms with Crippen LogP contribution in [0, 0.1) is 11.8 Å². The number of unbranched alkanes of at least 4 members (excludes halogenated alkanes) is 1. The van der Waals surface area contributed by atoms with E-state index < -0.39 is 20.5 Å². The summed E-state index contributed by atoms with van der Waals surface area (Å²) in [7, 11) is -2.06. The van der Waals surface area contributed by atoms with Crippen LogP contribution in [-0.2, 0) is 15.8 Å². The van der Waals surface area contributed by atoms with Gasteiger partial charge in [0.05, 0.1) is 6.61 Å². The summed E-state index contributed by atoms with van der Waals surface area (Å²) in [6.45, 7) is 17.5. The fourth-order valence-corrected chi connectivity index (χ4v) is 3.55. The second kappa shape index (κ2) is 11.6. The van der Waals surface area contributed by atoms with Crippen molar-refractivity contribution in [3.63, 3.8) is 0 Å². The number of hydrogen-bond donors (Lipinski definition) is 1. The number of aliphatic hydroxyl groups is 1. The van der Waals surface area contributed by atoms with Crippen LogP contribution in [0.25, 0.3) is 0 Å². The Morgan fingerprint density at radius 2 is 1.82 bits per heavy atom. The predicted molar refractivity (Wildman–Crippen MR) is 121 cm³/mol. The van der Waals surface area contributed by atoms with Gasteiger partial charge in [0.2, 0.25) is 0 Å². The molecular weight excluding hydrogens is 364 g/mol. The van der Waals surface area contributed by atoms with E-state index in [0.29, 0.717) is 13.0 Å². The molecule has 0 heterocycles. The Labute approximate surface area is 173 Å². The van der Waals surface area contributed by atoms with E-state index in [1.54, 1.807) is 6.08 Å². The molecule has 4 heteroatoms. The van der Waals surface area contributed by atoms with Gasteiger partial charge in [-0.25, -0.2) is 0 Å². The first-order chi connectivity index (χ1) is 13.1. The molecule has 1 aromatic carbocycles. The van der Waals surface area contributed by atoms with Crippen molar-refractivity contribution in [2.45, 2.75) is 90.0 Å². The fraction of sp³-hybridized carbons (Fsp3) is 0.583. The molecule has 0 aliphatic heterocycles. The van der Waals surface area contributed by atoms with Crippen LogP contribution in [0.2, 0.25) is 18.1 Å². The highest BCUT2D eigenvalue weighted by molar-refractivity contribution is 6.74. The van der Waals surface area contributed by atoms with Crippen molar-refractivity contribution < 1.29 is 14.3 Å². The zero-order valence-electron chi connectivity index (χ0n) is 18.5. The zero-order valence-corrected chi connectivity index (χ0v) is 19.5. The summed E-state index contributed by atoms with van der Waals surface area (Å²) in [5.74, 6) is 6.14. The van der Waals surface area contributed by atoms with E-state index in [9.17, 15) is 5.11 Å². The van der Waals surface area contributed by atoms with Crippen LogP contribution < -0.4 is 0 Å². The van der Waals surface area contributed by atoms with E-state index in [1.807, 2.05) is 30.3 Å². The molecule has 0 unspecified atom stereocenters. The van der Waals surface area contributed by atoms with Gasteiger partial charge in [0, 0.05) is 0 Å². The lowest BCUT2D eigenvalue weighted by Gasteiger charge is -2.39. The van der Waals surface area contributed by atoms with Crippen molar-refractivity contribution in [3.05, 3.63) is 48.6 Å². The van der Waals surface area contributed by atoms with Gasteiger partial charge in [0.15, 0.2) is 8.32 Å². The molecule has 3 atom stereocenters. The second-order valence-corrected chi connectivity index (χ2v) is 13.5. The molecule has 1 aromatic rings. The lowest BCUT2D eigenvalue weighted by atomic mass is 10.1. The maximum absolute atomic E-state index is 10.2. The van der Waals surface area contributed by atoms with Crippen molar-refractivity contribution >= 4 is 8.32 Å². The van der Waals surface area contributed by atoms with Crippen molar-refractivity contribution in [3.8, 4) is 11.8 Å².